The van der Waals surface area contributed by atoms with Gasteiger partial charge in [0.15, 0.2) is 0 Å². The zero-order valence-electron chi connectivity index (χ0n) is 21.0. The van der Waals surface area contributed by atoms with Crippen molar-refractivity contribution in [3.8, 4) is 11.1 Å². The number of aromatic nitrogens is 1. The number of nitrogens with zero attached hydrogens (tertiary/aromatic N) is 1. The Bertz CT molecular complexity index is 1480. The van der Waals surface area contributed by atoms with E-state index in [1.807, 2.05) is 58.0 Å². The summed E-state index contributed by atoms with van der Waals surface area (Å²) in [4.78, 5) is 32.4. The molecule has 0 radical (unpaired) electrons. The summed E-state index contributed by atoms with van der Waals surface area (Å²) in [5.74, 6) is -0.541. The Labute approximate surface area is 219 Å². The van der Waals surface area contributed by atoms with Crippen molar-refractivity contribution in [3.05, 3.63) is 74.7 Å². The number of fused-ring (bicyclic) bond motifs is 1. The van der Waals surface area contributed by atoms with Crippen molar-refractivity contribution < 1.29 is 9.59 Å². The first kappa shape index (κ1) is 25.7. The molecule has 4 rings (SSSR count). The fourth-order valence-electron chi connectivity index (χ4n) is 4.15. The van der Waals surface area contributed by atoms with Crippen LogP contribution < -0.4 is 16.4 Å². The molecule has 0 aliphatic carbocycles. The van der Waals surface area contributed by atoms with Gasteiger partial charge in [0.25, 0.3) is 11.8 Å². The van der Waals surface area contributed by atoms with Crippen molar-refractivity contribution >= 4 is 56.3 Å². The summed E-state index contributed by atoms with van der Waals surface area (Å²) in [6, 6.07) is 13.1. The van der Waals surface area contributed by atoms with Crippen LogP contribution in [0.5, 0.6) is 0 Å². The predicted molar refractivity (Wildman–Crippen MR) is 150 cm³/mol. The number of hydrogen-bond acceptors (Lipinski definition) is 5. The summed E-state index contributed by atoms with van der Waals surface area (Å²) in [5, 5.41) is 7.19. The van der Waals surface area contributed by atoms with Crippen LogP contribution in [0, 0.1) is 20.8 Å². The van der Waals surface area contributed by atoms with E-state index >= 15 is 0 Å². The number of rotatable bonds is 6. The molecular formula is C28H29ClN4O2S. The highest BCUT2D eigenvalue weighted by Crippen LogP contribution is 2.42. The van der Waals surface area contributed by atoms with Crippen molar-refractivity contribution in [2.45, 2.75) is 47.1 Å². The van der Waals surface area contributed by atoms with E-state index in [4.69, 9.17) is 22.3 Å². The van der Waals surface area contributed by atoms with E-state index in [0.717, 1.165) is 28.8 Å². The van der Waals surface area contributed by atoms with E-state index in [0.29, 0.717) is 42.6 Å². The largest absolute Gasteiger partial charge is 0.397 e. The van der Waals surface area contributed by atoms with Crippen LogP contribution in [0.25, 0.3) is 21.3 Å². The Balaban J connectivity index is 1.93. The summed E-state index contributed by atoms with van der Waals surface area (Å²) in [6.45, 7) is 9.70. The molecule has 0 unspecified atom stereocenters. The highest BCUT2D eigenvalue weighted by Gasteiger charge is 2.27. The minimum absolute atomic E-state index is 0.00614. The zero-order valence-corrected chi connectivity index (χ0v) is 22.5. The lowest BCUT2D eigenvalue weighted by Crippen LogP contribution is -2.31. The number of nitrogen functional groups attached to an aromatic ring is 1. The van der Waals surface area contributed by atoms with Gasteiger partial charge in [-0.3, -0.25) is 9.59 Å². The maximum Gasteiger partial charge on any atom is 0.263 e. The van der Waals surface area contributed by atoms with E-state index in [1.54, 1.807) is 19.1 Å². The Morgan fingerprint density at radius 1 is 1.08 bits per heavy atom. The van der Waals surface area contributed by atoms with Crippen LogP contribution in [0.2, 0.25) is 5.02 Å². The Morgan fingerprint density at radius 2 is 1.78 bits per heavy atom. The maximum atomic E-state index is 13.7. The smallest absolute Gasteiger partial charge is 0.263 e. The van der Waals surface area contributed by atoms with Crippen LogP contribution in [0.15, 0.2) is 42.5 Å². The molecule has 0 aliphatic heterocycles. The molecular weight excluding hydrogens is 492 g/mol. The summed E-state index contributed by atoms with van der Waals surface area (Å²) >= 11 is 7.39. The fourth-order valence-corrected chi connectivity index (χ4v) is 5.33. The number of benzene rings is 2. The second-order valence-corrected chi connectivity index (χ2v) is 10.5. The normalized spacial score (nSPS) is 11.9. The molecule has 186 valence electrons. The number of carbonyl (C=O) groups is 2. The second kappa shape index (κ2) is 10.3. The predicted octanol–water partition coefficient (Wildman–Crippen LogP) is 6.90. The lowest BCUT2D eigenvalue weighted by molar-refractivity contribution is 0.0943. The van der Waals surface area contributed by atoms with E-state index in [-0.39, 0.29) is 17.9 Å². The molecule has 8 heteroatoms. The fraction of sp³-hybridized carbons (Fsp3) is 0.250. The Hall–Kier alpha value is -3.42. The lowest BCUT2D eigenvalue weighted by atomic mass is 9.94. The maximum absolute atomic E-state index is 13.7. The summed E-state index contributed by atoms with van der Waals surface area (Å²) < 4.78 is 0. The van der Waals surface area contributed by atoms with E-state index in [2.05, 4.69) is 10.6 Å². The number of thiophene rings is 1. The first-order chi connectivity index (χ1) is 17.1. The number of amides is 2. The number of nitrogens with one attached hydrogen (secondary N) is 2. The van der Waals surface area contributed by atoms with Crippen molar-refractivity contribution in [3.63, 3.8) is 0 Å². The van der Waals surface area contributed by atoms with Crippen molar-refractivity contribution in [1.82, 2.24) is 10.3 Å². The number of nitrogens with two attached hydrogens (primary N) is 1. The van der Waals surface area contributed by atoms with Gasteiger partial charge < -0.3 is 16.4 Å². The van der Waals surface area contributed by atoms with Gasteiger partial charge in [0.05, 0.1) is 16.9 Å². The Morgan fingerprint density at radius 3 is 2.42 bits per heavy atom. The standard InChI is InChI=1S/C28H29ClN4O2S/c1-6-16(4)31-27(35)25-24(30)23-22(18-8-10-19(29)11-9-18)21(17(5)32-28(23)36-25)26(34)33-20-12-7-14(2)13-15(20)3/h7-13,16H,6,30H2,1-5H3,(H,31,35)(H,33,34)/t16-/m1/s1. The minimum Gasteiger partial charge on any atom is -0.397 e. The second-order valence-electron chi connectivity index (χ2n) is 9.03. The van der Waals surface area contributed by atoms with Gasteiger partial charge in [0, 0.05) is 27.7 Å². The Kier molecular flexibility index (Phi) is 7.33. The molecule has 1 atom stereocenters. The number of pyridine rings is 1. The van der Waals surface area contributed by atoms with Gasteiger partial charge in [0.2, 0.25) is 0 Å². The van der Waals surface area contributed by atoms with Gasteiger partial charge in [-0.1, -0.05) is 48.4 Å². The average molecular weight is 521 g/mol. The summed E-state index contributed by atoms with van der Waals surface area (Å²) in [7, 11) is 0. The van der Waals surface area contributed by atoms with E-state index in [1.165, 1.54) is 11.3 Å². The quantitative estimate of drug-likeness (QED) is 0.257. The molecule has 0 aliphatic rings. The van der Waals surface area contributed by atoms with E-state index in [9.17, 15) is 9.59 Å². The molecule has 0 saturated heterocycles. The highest BCUT2D eigenvalue weighted by molar-refractivity contribution is 7.21. The molecule has 2 amide bonds. The van der Waals surface area contributed by atoms with Crippen molar-refractivity contribution in [1.29, 1.82) is 0 Å². The topological polar surface area (TPSA) is 97.1 Å². The van der Waals surface area contributed by atoms with Gasteiger partial charge >= 0.3 is 0 Å². The first-order valence-electron chi connectivity index (χ1n) is 11.8. The molecule has 2 aromatic heterocycles. The third kappa shape index (κ3) is 4.94. The SMILES string of the molecule is CC[C@@H](C)NC(=O)c1sc2nc(C)c(C(=O)Nc3ccc(C)cc3C)c(-c3ccc(Cl)cc3)c2c1N. The summed E-state index contributed by atoms with van der Waals surface area (Å²) in [6.07, 6.45) is 0.798. The molecule has 2 aromatic carbocycles. The van der Waals surface area contributed by atoms with Gasteiger partial charge in [-0.15, -0.1) is 11.3 Å². The molecule has 0 fully saturated rings. The van der Waals surface area contributed by atoms with Gasteiger partial charge in [-0.25, -0.2) is 4.98 Å². The minimum atomic E-state index is -0.296. The number of carbonyl (C=O) groups excluding carboxylic acids is 2. The highest BCUT2D eigenvalue weighted by atomic mass is 35.5. The molecule has 0 saturated carbocycles. The molecule has 36 heavy (non-hydrogen) atoms. The van der Waals surface area contributed by atoms with Crippen molar-refractivity contribution in [2.75, 3.05) is 11.1 Å². The molecule has 0 spiro atoms. The van der Waals surface area contributed by atoms with Gasteiger partial charge in [-0.05, 0) is 63.4 Å². The van der Waals surface area contributed by atoms with Gasteiger partial charge in [-0.2, -0.15) is 0 Å². The molecule has 0 bridgehead atoms. The molecule has 6 nitrogen and oxygen atoms in total. The zero-order chi connectivity index (χ0) is 26.1. The molecule has 4 aromatic rings. The molecule has 2 heterocycles. The van der Waals surface area contributed by atoms with Crippen LogP contribution in [0.1, 0.15) is 57.1 Å². The van der Waals surface area contributed by atoms with Crippen molar-refractivity contribution in [2.24, 2.45) is 0 Å². The first-order valence-corrected chi connectivity index (χ1v) is 13.0. The lowest BCUT2D eigenvalue weighted by Gasteiger charge is -2.16. The number of hydrogen-bond donors (Lipinski definition) is 3. The van der Waals surface area contributed by atoms with E-state index < -0.39 is 0 Å². The number of halogens is 1. The third-order valence-corrected chi connectivity index (χ3v) is 7.59. The van der Waals surface area contributed by atoms with Crippen LogP contribution in [-0.4, -0.2) is 22.8 Å². The molecule has 4 N–H and O–H groups in total. The number of anilines is 2. The van der Waals surface area contributed by atoms with Crippen LogP contribution in [0.4, 0.5) is 11.4 Å². The third-order valence-electron chi connectivity index (χ3n) is 6.24. The van der Waals surface area contributed by atoms with Crippen LogP contribution in [0.3, 0.4) is 0 Å². The average Bonchev–Trinajstić information content (AvgIpc) is 3.16. The number of aryl methyl sites for hydroxylation is 3. The van der Waals surface area contributed by atoms with Crippen LogP contribution in [-0.2, 0) is 0 Å². The monoisotopic (exact) mass is 520 g/mol. The van der Waals surface area contributed by atoms with Crippen LogP contribution >= 0.6 is 22.9 Å². The summed E-state index contributed by atoms with van der Waals surface area (Å²) in [5.41, 5.74) is 12.0. The van der Waals surface area contributed by atoms with Gasteiger partial charge in [0.1, 0.15) is 9.71 Å².